The monoisotopic (exact) mass is 577 g/mol. The van der Waals surface area contributed by atoms with Crippen LogP contribution in [0.3, 0.4) is 0 Å². The summed E-state index contributed by atoms with van der Waals surface area (Å²) < 4.78 is 26.2. The number of carbonyl (C=O) groups excluding carboxylic acids is 1. The fraction of sp³-hybridized carbons (Fsp3) is 0.484. The minimum Gasteiger partial charge on any atom is -0.474 e. The third-order valence-electron chi connectivity index (χ3n) is 7.49. The van der Waals surface area contributed by atoms with E-state index in [2.05, 4.69) is 58.6 Å². The average molecular weight is 578 g/mol. The van der Waals surface area contributed by atoms with Crippen molar-refractivity contribution < 1.29 is 18.7 Å². The van der Waals surface area contributed by atoms with Crippen LogP contribution in [0.15, 0.2) is 42.7 Å². The number of anilines is 4. The van der Waals surface area contributed by atoms with E-state index in [1.165, 1.54) is 6.20 Å². The molecule has 2 aliphatic rings. The maximum Gasteiger partial charge on any atom is 0.271 e. The number of rotatable bonds is 8. The number of fused-ring (bicyclic) bond motifs is 1. The highest BCUT2D eigenvalue weighted by atomic mass is 19.1. The van der Waals surface area contributed by atoms with Gasteiger partial charge in [0.05, 0.1) is 19.3 Å². The van der Waals surface area contributed by atoms with Crippen molar-refractivity contribution in [2.24, 2.45) is 0 Å². The first kappa shape index (κ1) is 29.7. The second-order valence-corrected chi connectivity index (χ2v) is 12.8. The zero-order valence-electron chi connectivity index (χ0n) is 25.3. The minimum atomic E-state index is -1.05. The fourth-order valence-electron chi connectivity index (χ4n) is 6.10. The van der Waals surface area contributed by atoms with Gasteiger partial charge < -0.3 is 25.4 Å². The molecular formula is C31H40FN7O3. The van der Waals surface area contributed by atoms with Gasteiger partial charge in [-0.1, -0.05) is 18.2 Å². The normalized spacial score (nSPS) is 19.1. The molecule has 224 valence electrons. The molecule has 0 radical (unpaired) electrons. The van der Waals surface area contributed by atoms with Crippen molar-refractivity contribution in [3.8, 4) is 16.9 Å². The number of carbonyl (C=O) groups is 1. The molecule has 0 aliphatic carbocycles. The molecule has 3 N–H and O–H groups in total. The topological polar surface area (TPSA) is 114 Å². The Bertz CT molecular complexity index is 1460. The lowest BCUT2D eigenvalue weighted by Crippen LogP contribution is -2.60. The molecule has 1 amide bonds. The predicted molar refractivity (Wildman–Crippen MR) is 162 cm³/mol. The lowest BCUT2D eigenvalue weighted by atomic mass is 9.79. The largest absolute Gasteiger partial charge is 0.474 e. The summed E-state index contributed by atoms with van der Waals surface area (Å²) in [6, 6.07) is 9.56. The molecule has 42 heavy (non-hydrogen) atoms. The van der Waals surface area contributed by atoms with E-state index in [1.807, 2.05) is 30.3 Å². The first-order valence-corrected chi connectivity index (χ1v) is 14.2. The summed E-state index contributed by atoms with van der Waals surface area (Å²) in [5.74, 6) is 0.694. The van der Waals surface area contributed by atoms with Crippen LogP contribution in [0.4, 0.5) is 27.7 Å². The molecule has 5 rings (SSSR count). The van der Waals surface area contributed by atoms with E-state index < -0.39 is 11.4 Å². The molecule has 2 aliphatic heterocycles. The Labute approximate surface area is 246 Å². The number of nitrogens with zero attached hydrogens (tertiary/aromatic N) is 4. The van der Waals surface area contributed by atoms with Crippen LogP contribution in [-0.2, 0) is 9.53 Å². The number of para-hydroxylation sites is 1. The average Bonchev–Trinajstić information content (AvgIpc) is 2.89. The molecular weight excluding hydrogens is 537 g/mol. The van der Waals surface area contributed by atoms with Gasteiger partial charge >= 0.3 is 0 Å². The summed E-state index contributed by atoms with van der Waals surface area (Å²) >= 11 is 0. The first-order chi connectivity index (χ1) is 19.8. The van der Waals surface area contributed by atoms with Crippen molar-refractivity contribution in [2.45, 2.75) is 77.1 Å². The zero-order chi connectivity index (χ0) is 30.3. The van der Waals surface area contributed by atoms with E-state index >= 15 is 0 Å². The Kier molecular flexibility index (Phi) is 7.84. The minimum absolute atomic E-state index is 0.0435. The second kappa shape index (κ2) is 11.1. The first-order valence-electron chi connectivity index (χ1n) is 14.2. The van der Waals surface area contributed by atoms with Gasteiger partial charge in [0.2, 0.25) is 5.95 Å². The van der Waals surface area contributed by atoms with E-state index in [0.29, 0.717) is 30.4 Å². The summed E-state index contributed by atoms with van der Waals surface area (Å²) in [6.07, 6.45) is 4.53. The summed E-state index contributed by atoms with van der Waals surface area (Å²) in [4.78, 5) is 27.9. The highest BCUT2D eigenvalue weighted by Gasteiger charge is 2.42. The molecule has 2 aromatic heterocycles. The quantitative estimate of drug-likeness (QED) is 0.329. The van der Waals surface area contributed by atoms with E-state index in [0.717, 1.165) is 24.0 Å². The molecule has 0 spiro atoms. The van der Waals surface area contributed by atoms with Crippen molar-refractivity contribution in [3.63, 3.8) is 0 Å². The standard InChI is InChI=1S/C31H40FN7O3/c1-29(2)15-20(16-30(3,4)38-29)35-25-22(32)18-34-28(37-25)36-23-11-9-8-10-21(23)19-14-24-26(33-17-19)39(12-13-41-7)27(40)31(5,6)42-24/h8-11,14,17-18,20,38H,12-13,15-16H2,1-7H3,(H2,34,35,36,37). The van der Waals surface area contributed by atoms with E-state index in [-0.39, 0.29) is 34.8 Å². The number of amides is 1. The number of hydrogen-bond acceptors (Lipinski definition) is 9. The Morgan fingerprint density at radius 1 is 1.10 bits per heavy atom. The summed E-state index contributed by atoms with van der Waals surface area (Å²) in [5, 5.41) is 10.2. The molecule has 0 unspecified atom stereocenters. The van der Waals surface area contributed by atoms with Crippen LogP contribution in [0.1, 0.15) is 54.4 Å². The zero-order valence-corrected chi connectivity index (χ0v) is 25.3. The third-order valence-corrected chi connectivity index (χ3v) is 7.49. The number of hydrogen-bond donors (Lipinski definition) is 3. The molecule has 1 aromatic carbocycles. The van der Waals surface area contributed by atoms with Gasteiger partial charge in [-0.05, 0) is 66.5 Å². The van der Waals surface area contributed by atoms with Crippen LogP contribution in [-0.4, -0.2) is 63.8 Å². The lowest BCUT2D eigenvalue weighted by Gasteiger charge is -2.46. The van der Waals surface area contributed by atoms with Gasteiger partial charge in [0.25, 0.3) is 5.91 Å². The SMILES string of the molecule is COCCN1C(=O)C(C)(C)Oc2cc(-c3ccccc3Nc3ncc(F)c(NC4CC(C)(C)NC(C)(C)C4)n3)cnc21. The van der Waals surface area contributed by atoms with Gasteiger partial charge in [-0.2, -0.15) is 4.98 Å². The number of aromatic nitrogens is 3. The van der Waals surface area contributed by atoms with Crippen molar-refractivity contribution in [1.29, 1.82) is 0 Å². The number of methoxy groups -OCH3 is 1. The number of piperidine rings is 1. The second-order valence-electron chi connectivity index (χ2n) is 12.8. The molecule has 1 saturated heterocycles. The van der Waals surface area contributed by atoms with Crippen molar-refractivity contribution >= 4 is 29.2 Å². The fourth-order valence-corrected chi connectivity index (χ4v) is 6.10. The van der Waals surface area contributed by atoms with Gasteiger partial charge in [-0.3, -0.25) is 9.69 Å². The van der Waals surface area contributed by atoms with Crippen molar-refractivity contribution in [3.05, 3.63) is 48.5 Å². The number of ether oxygens (including phenoxy) is 2. The van der Waals surface area contributed by atoms with Crippen LogP contribution < -0.4 is 25.6 Å². The number of pyridine rings is 1. The van der Waals surface area contributed by atoms with Gasteiger partial charge in [-0.25, -0.2) is 14.4 Å². The smallest absolute Gasteiger partial charge is 0.271 e. The van der Waals surface area contributed by atoms with Crippen LogP contribution in [0.5, 0.6) is 5.75 Å². The van der Waals surface area contributed by atoms with Crippen LogP contribution in [0.2, 0.25) is 0 Å². The van der Waals surface area contributed by atoms with Gasteiger partial charge in [0.15, 0.2) is 28.8 Å². The Morgan fingerprint density at radius 3 is 2.52 bits per heavy atom. The molecule has 0 atom stereocenters. The molecule has 10 nitrogen and oxygen atoms in total. The molecule has 4 heterocycles. The predicted octanol–water partition coefficient (Wildman–Crippen LogP) is 5.29. The maximum absolute atomic E-state index is 14.9. The highest BCUT2D eigenvalue weighted by Crippen LogP contribution is 2.40. The molecule has 0 bridgehead atoms. The lowest BCUT2D eigenvalue weighted by molar-refractivity contribution is -0.132. The Balaban J connectivity index is 1.41. The third kappa shape index (κ3) is 6.32. The van der Waals surface area contributed by atoms with Crippen LogP contribution in [0.25, 0.3) is 11.1 Å². The number of benzene rings is 1. The number of nitrogens with one attached hydrogen (secondary N) is 3. The summed E-state index contributed by atoms with van der Waals surface area (Å²) in [6.45, 7) is 12.8. The summed E-state index contributed by atoms with van der Waals surface area (Å²) in [7, 11) is 1.59. The van der Waals surface area contributed by atoms with E-state index in [4.69, 9.17) is 9.47 Å². The number of halogens is 1. The molecule has 11 heteroatoms. The van der Waals surface area contributed by atoms with E-state index in [9.17, 15) is 9.18 Å². The Hall–Kier alpha value is -3.83. The van der Waals surface area contributed by atoms with Crippen molar-refractivity contribution in [2.75, 3.05) is 35.8 Å². The highest BCUT2D eigenvalue weighted by molar-refractivity contribution is 6.01. The molecule has 3 aromatic rings. The van der Waals surface area contributed by atoms with Gasteiger partial charge in [-0.15, -0.1) is 0 Å². The van der Waals surface area contributed by atoms with Crippen molar-refractivity contribution in [1.82, 2.24) is 20.3 Å². The van der Waals surface area contributed by atoms with Crippen LogP contribution >= 0.6 is 0 Å². The summed E-state index contributed by atoms with van der Waals surface area (Å²) in [5.41, 5.74) is 1.05. The van der Waals surface area contributed by atoms with Gasteiger partial charge in [0, 0.05) is 47.2 Å². The van der Waals surface area contributed by atoms with E-state index in [1.54, 1.807) is 32.1 Å². The van der Waals surface area contributed by atoms with Crippen LogP contribution in [0, 0.1) is 5.82 Å². The molecule has 1 fully saturated rings. The van der Waals surface area contributed by atoms with Gasteiger partial charge in [0.1, 0.15) is 0 Å². The molecule has 0 saturated carbocycles. The maximum atomic E-state index is 14.9. The Morgan fingerprint density at radius 2 is 1.81 bits per heavy atom.